The van der Waals surface area contributed by atoms with Gasteiger partial charge in [0.25, 0.3) is 0 Å². The number of rotatable bonds is 11. The summed E-state index contributed by atoms with van der Waals surface area (Å²) in [7, 11) is 0. The molecule has 0 nitrogen and oxygen atoms in total. The maximum Gasteiger partial charge on any atom is 2.00 e. The van der Waals surface area contributed by atoms with Gasteiger partial charge < -0.3 is 2.85 Å². The molecule has 0 fully saturated rings. The number of halogens is 1. The molecule has 0 aliphatic rings. The van der Waals surface area contributed by atoms with Gasteiger partial charge in [-0.05, 0) is 25.7 Å². The van der Waals surface area contributed by atoms with E-state index in [1.807, 2.05) is 0 Å². The molecule has 0 atom stereocenters. The molecule has 17 heavy (non-hydrogen) atoms. The minimum Gasteiger partial charge on any atom is -1.00 e. The van der Waals surface area contributed by atoms with E-state index >= 15 is 0 Å². The van der Waals surface area contributed by atoms with E-state index in [0.29, 0.717) is 0 Å². The van der Waals surface area contributed by atoms with Crippen molar-refractivity contribution in [2.75, 3.05) is 5.88 Å². The maximum absolute atomic E-state index is 5.62. The molecule has 0 rings (SSSR count). The Bertz CT molecular complexity index is 185. The summed E-state index contributed by atoms with van der Waals surface area (Å²) in [6.45, 7) is 2.23. The first-order chi connectivity index (χ1) is 7.91. The van der Waals surface area contributed by atoms with Crippen molar-refractivity contribution in [3.63, 3.8) is 0 Å². The third kappa shape index (κ3) is 19.1. The SMILES string of the molecule is CCCC/C=C\C=C\CCCCCCCCl.[H-].[H-].[Mg+2]. The van der Waals surface area contributed by atoms with Crippen molar-refractivity contribution in [2.45, 2.75) is 64.7 Å². The number of allylic oxidation sites excluding steroid dienone is 4. The van der Waals surface area contributed by atoms with Gasteiger partial charge in [0, 0.05) is 5.88 Å². The minimum absolute atomic E-state index is 0. The van der Waals surface area contributed by atoms with Crippen LogP contribution >= 0.6 is 11.6 Å². The molecule has 0 heterocycles. The van der Waals surface area contributed by atoms with Gasteiger partial charge in [0.15, 0.2) is 0 Å². The topological polar surface area (TPSA) is 0 Å². The molecule has 0 unspecified atom stereocenters. The van der Waals surface area contributed by atoms with Gasteiger partial charge >= 0.3 is 23.1 Å². The molecular weight excluding hydrogens is 240 g/mol. The van der Waals surface area contributed by atoms with Crippen molar-refractivity contribution in [2.24, 2.45) is 0 Å². The van der Waals surface area contributed by atoms with Crippen molar-refractivity contribution in [1.82, 2.24) is 0 Å². The van der Waals surface area contributed by atoms with Crippen LogP contribution in [0.25, 0.3) is 0 Å². The average molecular weight is 269 g/mol. The smallest absolute Gasteiger partial charge is 1.00 e. The Labute approximate surface area is 132 Å². The van der Waals surface area contributed by atoms with Crippen LogP contribution in [0.4, 0.5) is 0 Å². The number of unbranched alkanes of at least 4 members (excludes halogenated alkanes) is 7. The van der Waals surface area contributed by atoms with Gasteiger partial charge in [0.05, 0.1) is 0 Å². The second-order valence-corrected chi connectivity index (χ2v) is 4.62. The van der Waals surface area contributed by atoms with E-state index in [-0.39, 0.29) is 25.9 Å². The van der Waals surface area contributed by atoms with Crippen LogP contribution in [0.2, 0.25) is 0 Å². The second kappa shape index (κ2) is 18.9. The van der Waals surface area contributed by atoms with Crippen LogP contribution < -0.4 is 0 Å². The molecular formula is C15H29ClMg. The molecule has 0 aromatic carbocycles. The molecule has 0 aromatic heterocycles. The zero-order valence-corrected chi connectivity index (χ0v) is 13.6. The summed E-state index contributed by atoms with van der Waals surface area (Å²) in [5, 5.41) is 0. The van der Waals surface area contributed by atoms with Gasteiger partial charge in [-0.2, -0.15) is 0 Å². The fourth-order valence-corrected chi connectivity index (χ4v) is 1.75. The molecule has 98 valence electrons. The van der Waals surface area contributed by atoms with E-state index < -0.39 is 0 Å². The summed E-state index contributed by atoms with van der Waals surface area (Å²) in [4.78, 5) is 0. The third-order valence-electron chi connectivity index (χ3n) is 2.61. The Hall–Kier alpha value is 0.536. The van der Waals surface area contributed by atoms with Crippen molar-refractivity contribution in [1.29, 1.82) is 0 Å². The van der Waals surface area contributed by atoms with Crippen molar-refractivity contribution in [3.05, 3.63) is 24.3 Å². The zero-order valence-electron chi connectivity index (χ0n) is 13.5. The van der Waals surface area contributed by atoms with Crippen LogP contribution in [0, 0.1) is 0 Å². The summed E-state index contributed by atoms with van der Waals surface area (Å²) >= 11 is 5.62. The van der Waals surface area contributed by atoms with Crippen LogP contribution in [-0.2, 0) is 0 Å². The molecule has 0 bridgehead atoms. The fraction of sp³-hybridized carbons (Fsp3) is 0.733. The fourth-order valence-electron chi connectivity index (χ4n) is 1.56. The minimum atomic E-state index is 0. The Kier molecular flexibility index (Phi) is 22.1. The summed E-state index contributed by atoms with van der Waals surface area (Å²) in [5.41, 5.74) is 0. The zero-order chi connectivity index (χ0) is 11.9. The molecule has 0 amide bonds. The van der Waals surface area contributed by atoms with Crippen LogP contribution in [0.1, 0.15) is 67.6 Å². The van der Waals surface area contributed by atoms with Crippen LogP contribution in [-0.4, -0.2) is 28.9 Å². The Balaban J connectivity index is -0.000000375. The van der Waals surface area contributed by atoms with Gasteiger partial charge in [-0.25, -0.2) is 0 Å². The largest absolute Gasteiger partial charge is 2.00 e. The van der Waals surface area contributed by atoms with Crippen LogP contribution in [0.3, 0.4) is 0 Å². The van der Waals surface area contributed by atoms with E-state index in [0.717, 1.165) is 5.88 Å². The summed E-state index contributed by atoms with van der Waals surface area (Å²) in [6, 6.07) is 0. The normalized spacial score (nSPS) is 11.2. The van der Waals surface area contributed by atoms with E-state index in [1.54, 1.807) is 0 Å². The molecule has 0 aromatic rings. The van der Waals surface area contributed by atoms with Crippen molar-refractivity contribution < 1.29 is 2.85 Å². The predicted molar refractivity (Wildman–Crippen MR) is 84.2 cm³/mol. The van der Waals surface area contributed by atoms with E-state index in [9.17, 15) is 0 Å². The molecule has 0 aliphatic heterocycles. The molecule has 0 N–H and O–H groups in total. The van der Waals surface area contributed by atoms with E-state index in [4.69, 9.17) is 11.6 Å². The Morgan fingerprint density at radius 1 is 0.824 bits per heavy atom. The first kappa shape index (κ1) is 19.9. The summed E-state index contributed by atoms with van der Waals surface area (Å²) < 4.78 is 0. The van der Waals surface area contributed by atoms with Gasteiger partial charge in [-0.15, -0.1) is 11.6 Å². The van der Waals surface area contributed by atoms with Gasteiger partial charge in [0.1, 0.15) is 0 Å². The number of hydrogen-bond acceptors (Lipinski definition) is 0. The molecule has 0 aliphatic carbocycles. The molecule has 0 spiro atoms. The molecule has 0 saturated carbocycles. The van der Waals surface area contributed by atoms with E-state index in [2.05, 4.69) is 31.2 Å². The monoisotopic (exact) mass is 268 g/mol. The standard InChI is InChI=1S/C15H27Cl.Mg.2H/c1-2-3-4-5-6-7-8-9-10-11-12-13-14-15-16;;;/h5-8H,2-4,9-15H2,1H3;;;/q;+2;2*-1/b6-5-,8-7+;;;. The molecule has 0 radical (unpaired) electrons. The molecule has 0 saturated heterocycles. The van der Waals surface area contributed by atoms with E-state index in [1.165, 1.54) is 57.8 Å². The van der Waals surface area contributed by atoms with Crippen molar-refractivity contribution >= 4 is 34.7 Å². The number of hydrogen-bond donors (Lipinski definition) is 0. The number of alkyl halides is 1. The van der Waals surface area contributed by atoms with Gasteiger partial charge in [-0.3, -0.25) is 0 Å². The summed E-state index contributed by atoms with van der Waals surface area (Å²) in [5.74, 6) is 0.822. The first-order valence-electron chi connectivity index (χ1n) is 6.79. The van der Waals surface area contributed by atoms with Gasteiger partial charge in [0.2, 0.25) is 0 Å². The maximum atomic E-state index is 5.62. The Morgan fingerprint density at radius 2 is 1.35 bits per heavy atom. The van der Waals surface area contributed by atoms with Crippen molar-refractivity contribution in [3.8, 4) is 0 Å². The first-order valence-corrected chi connectivity index (χ1v) is 7.33. The molecule has 2 heteroatoms. The second-order valence-electron chi connectivity index (χ2n) is 4.24. The van der Waals surface area contributed by atoms with Crippen LogP contribution in [0.15, 0.2) is 24.3 Å². The third-order valence-corrected chi connectivity index (χ3v) is 2.88. The average Bonchev–Trinajstić information content (AvgIpc) is 2.31. The van der Waals surface area contributed by atoms with Gasteiger partial charge in [-0.1, -0.05) is 63.3 Å². The predicted octanol–water partition coefficient (Wildman–Crippen LogP) is 5.71. The van der Waals surface area contributed by atoms with Crippen LogP contribution in [0.5, 0.6) is 0 Å². The quantitative estimate of drug-likeness (QED) is 0.195. The summed E-state index contributed by atoms with van der Waals surface area (Å²) in [6.07, 6.45) is 20.4. The Morgan fingerprint density at radius 3 is 1.94 bits per heavy atom.